The van der Waals surface area contributed by atoms with E-state index in [1.807, 2.05) is 0 Å². The van der Waals surface area contributed by atoms with Gasteiger partial charge in [-0.25, -0.2) is 0 Å². The van der Waals surface area contributed by atoms with Crippen LogP contribution in [0.2, 0.25) is 0 Å². The van der Waals surface area contributed by atoms with Gasteiger partial charge in [0.25, 0.3) is 0 Å². The number of rotatable bonds is 4. The molecule has 0 saturated carbocycles. The lowest BCUT2D eigenvalue weighted by Crippen LogP contribution is -2.38. The highest BCUT2D eigenvalue weighted by atomic mass is 35.5. The molecule has 1 fully saturated rings. The van der Waals surface area contributed by atoms with Crippen LogP contribution in [-0.4, -0.2) is 62.2 Å². The second-order valence-corrected chi connectivity index (χ2v) is 7.73. The normalized spacial score (nSPS) is 16.8. The predicted molar refractivity (Wildman–Crippen MR) is 147 cm³/mol. The number of hydrogen-bond donors (Lipinski definition) is 2. The zero-order chi connectivity index (χ0) is 19.3. The van der Waals surface area contributed by atoms with Gasteiger partial charge in [-0.3, -0.25) is 9.80 Å². The van der Waals surface area contributed by atoms with Crippen molar-refractivity contribution in [2.24, 2.45) is 0 Å². The smallest absolute Gasteiger partial charge is 0.0234 e. The molecule has 184 valence electrons. The van der Waals surface area contributed by atoms with Gasteiger partial charge in [-0.2, -0.15) is 0 Å². The van der Waals surface area contributed by atoms with E-state index in [2.05, 4.69) is 81.1 Å². The van der Waals surface area contributed by atoms with Crippen LogP contribution in [0, 0.1) is 0 Å². The van der Waals surface area contributed by atoms with Crippen LogP contribution in [-0.2, 0) is 13.1 Å². The van der Waals surface area contributed by atoms with E-state index < -0.39 is 0 Å². The molecule has 3 rings (SSSR count). The number of nitrogens with one attached hydrogen (secondary N) is 2. The predicted octanol–water partition coefficient (Wildman–Crippen LogP) is 4.65. The fraction of sp³-hybridized carbons (Fsp3) is 0.500. The zero-order valence-corrected chi connectivity index (χ0v) is 22.1. The number of hydrogen-bond acceptors (Lipinski definition) is 4. The maximum Gasteiger partial charge on any atom is 0.0234 e. The Morgan fingerprint density at radius 2 is 0.875 bits per heavy atom. The minimum Gasteiger partial charge on any atom is -0.315 e. The van der Waals surface area contributed by atoms with E-state index in [1.165, 1.54) is 24.0 Å². The fourth-order valence-corrected chi connectivity index (χ4v) is 3.79. The van der Waals surface area contributed by atoms with Gasteiger partial charge in [-0.15, -0.1) is 49.6 Å². The molecule has 0 spiro atoms. The molecule has 0 unspecified atom stereocenters. The molecule has 2 aromatic carbocycles. The Kier molecular flexibility index (Phi) is 22.1. The van der Waals surface area contributed by atoms with Gasteiger partial charge < -0.3 is 10.6 Å². The van der Waals surface area contributed by atoms with E-state index in [4.69, 9.17) is 0 Å². The Labute approximate surface area is 219 Å². The monoisotopic (exact) mass is 524 g/mol. The molecule has 0 aliphatic carbocycles. The third-order valence-electron chi connectivity index (χ3n) is 5.36. The van der Waals surface area contributed by atoms with Crippen molar-refractivity contribution < 1.29 is 0 Å². The second-order valence-electron chi connectivity index (χ2n) is 7.73. The largest absolute Gasteiger partial charge is 0.315 e. The lowest BCUT2D eigenvalue weighted by molar-refractivity contribution is 0.189. The van der Waals surface area contributed by atoms with Gasteiger partial charge in [0.05, 0.1) is 0 Å². The van der Waals surface area contributed by atoms with E-state index in [0.717, 1.165) is 65.4 Å². The minimum atomic E-state index is 0. The molecule has 32 heavy (non-hydrogen) atoms. The topological polar surface area (TPSA) is 30.5 Å². The summed E-state index contributed by atoms with van der Waals surface area (Å²) < 4.78 is 0. The molecule has 1 aliphatic heterocycles. The highest BCUT2D eigenvalue weighted by molar-refractivity contribution is 5.86. The first-order valence-electron chi connectivity index (χ1n) is 10.8. The van der Waals surface area contributed by atoms with E-state index >= 15 is 0 Å². The van der Waals surface area contributed by atoms with Crippen molar-refractivity contribution in [2.45, 2.75) is 25.9 Å². The summed E-state index contributed by atoms with van der Waals surface area (Å²) in [4.78, 5) is 5.25. The van der Waals surface area contributed by atoms with Crippen LogP contribution >= 0.6 is 49.6 Å². The molecule has 0 atom stereocenters. The van der Waals surface area contributed by atoms with Crippen molar-refractivity contribution in [3.63, 3.8) is 0 Å². The van der Waals surface area contributed by atoms with Crippen molar-refractivity contribution in [2.75, 3.05) is 52.4 Å². The first-order valence-corrected chi connectivity index (χ1v) is 10.8. The van der Waals surface area contributed by atoms with Gasteiger partial charge in [0.2, 0.25) is 0 Å². The summed E-state index contributed by atoms with van der Waals surface area (Å²) in [6, 6.07) is 21.8. The molecule has 2 N–H and O–H groups in total. The van der Waals surface area contributed by atoms with E-state index in [9.17, 15) is 0 Å². The number of benzene rings is 2. The van der Waals surface area contributed by atoms with Crippen molar-refractivity contribution in [1.29, 1.82) is 0 Å². The van der Waals surface area contributed by atoms with Gasteiger partial charge >= 0.3 is 0 Å². The molecule has 4 nitrogen and oxygen atoms in total. The Morgan fingerprint density at radius 1 is 0.500 bits per heavy atom. The molecule has 1 saturated heterocycles. The molecule has 1 heterocycles. The van der Waals surface area contributed by atoms with Crippen molar-refractivity contribution in [3.05, 3.63) is 71.8 Å². The maximum absolute atomic E-state index is 3.57. The lowest BCUT2D eigenvalue weighted by atomic mass is 10.2. The SMILES string of the molecule is Cl.Cl.Cl.Cl.c1ccc(CN2CCCNCCNCCCN(Cc3ccccc3)CC2)cc1. The van der Waals surface area contributed by atoms with Crippen LogP contribution in [0.5, 0.6) is 0 Å². The Hall–Kier alpha value is -0.560. The Morgan fingerprint density at radius 3 is 1.25 bits per heavy atom. The van der Waals surface area contributed by atoms with Crippen molar-refractivity contribution in [3.8, 4) is 0 Å². The molecular formula is C24H40Cl4N4. The summed E-state index contributed by atoms with van der Waals surface area (Å²) in [7, 11) is 0. The van der Waals surface area contributed by atoms with Gasteiger partial charge in [-0.05, 0) is 50.1 Å². The quantitative estimate of drug-likeness (QED) is 0.608. The third kappa shape index (κ3) is 13.9. The van der Waals surface area contributed by atoms with Gasteiger partial charge in [0, 0.05) is 39.3 Å². The van der Waals surface area contributed by atoms with Gasteiger partial charge in [0.15, 0.2) is 0 Å². The van der Waals surface area contributed by atoms with Crippen LogP contribution in [0.25, 0.3) is 0 Å². The Balaban J connectivity index is 0. The van der Waals surface area contributed by atoms with Crippen molar-refractivity contribution >= 4 is 49.6 Å². The minimum absolute atomic E-state index is 0. The van der Waals surface area contributed by atoms with E-state index in [1.54, 1.807) is 0 Å². The summed E-state index contributed by atoms with van der Waals surface area (Å²) >= 11 is 0. The van der Waals surface area contributed by atoms with Crippen LogP contribution in [0.1, 0.15) is 24.0 Å². The molecular weight excluding hydrogens is 486 g/mol. The number of halogens is 4. The molecule has 1 aliphatic rings. The zero-order valence-electron chi connectivity index (χ0n) is 18.8. The lowest BCUT2D eigenvalue weighted by Gasteiger charge is -2.28. The first-order chi connectivity index (χ1) is 13.9. The summed E-state index contributed by atoms with van der Waals surface area (Å²) in [6.07, 6.45) is 2.40. The average molecular weight is 526 g/mol. The van der Waals surface area contributed by atoms with Crippen LogP contribution in [0.3, 0.4) is 0 Å². The standard InChI is InChI=1S/C24H36N4.4ClH/c1-3-9-23(10-4-1)21-27-17-7-13-25-15-16-26-14-8-18-28(20-19-27)22-24-11-5-2-6-12-24;;;;/h1-6,9-12,25-26H,7-8,13-22H2;4*1H. The van der Waals surface area contributed by atoms with Crippen LogP contribution in [0.15, 0.2) is 60.7 Å². The van der Waals surface area contributed by atoms with Gasteiger partial charge in [0.1, 0.15) is 0 Å². The summed E-state index contributed by atoms with van der Waals surface area (Å²) in [6.45, 7) is 10.9. The molecule has 0 radical (unpaired) electrons. The highest BCUT2D eigenvalue weighted by Gasteiger charge is 2.11. The third-order valence-corrected chi connectivity index (χ3v) is 5.36. The summed E-state index contributed by atoms with van der Waals surface area (Å²) in [5, 5.41) is 7.13. The first kappa shape index (κ1) is 33.6. The Bertz CT molecular complexity index is 591. The molecule has 0 amide bonds. The van der Waals surface area contributed by atoms with Gasteiger partial charge in [-0.1, -0.05) is 60.7 Å². The summed E-state index contributed by atoms with van der Waals surface area (Å²) in [5.41, 5.74) is 2.82. The van der Waals surface area contributed by atoms with E-state index in [-0.39, 0.29) is 49.6 Å². The molecule has 8 heteroatoms. The molecule has 0 aromatic heterocycles. The highest BCUT2D eigenvalue weighted by Crippen LogP contribution is 2.08. The average Bonchev–Trinajstić information content (AvgIpc) is 2.73. The number of nitrogens with zero attached hydrogens (tertiary/aromatic N) is 2. The fourth-order valence-electron chi connectivity index (χ4n) is 3.79. The molecule has 2 aromatic rings. The second kappa shape index (κ2) is 21.0. The van der Waals surface area contributed by atoms with Crippen LogP contribution in [0.4, 0.5) is 0 Å². The van der Waals surface area contributed by atoms with E-state index in [0.29, 0.717) is 0 Å². The maximum atomic E-state index is 3.57. The van der Waals surface area contributed by atoms with Crippen molar-refractivity contribution in [1.82, 2.24) is 20.4 Å². The van der Waals surface area contributed by atoms with Crippen LogP contribution < -0.4 is 10.6 Å². The summed E-state index contributed by atoms with van der Waals surface area (Å²) in [5.74, 6) is 0. The molecule has 0 bridgehead atoms.